The molecular formula is C23H22ClNO5. The first-order chi connectivity index (χ1) is 14.3. The number of amides is 1. The molecule has 1 atom stereocenters. The lowest BCUT2D eigenvalue weighted by atomic mass is 9.83. The Morgan fingerprint density at radius 1 is 1.13 bits per heavy atom. The van der Waals surface area contributed by atoms with Crippen molar-refractivity contribution in [2.24, 2.45) is 0 Å². The van der Waals surface area contributed by atoms with E-state index in [-0.39, 0.29) is 31.0 Å². The van der Waals surface area contributed by atoms with Crippen molar-refractivity contribution >= 4 is 29.4 Å². The number of carboxylic acid groups (broad SMARTS) is 1. The molecule has 6 nitrogen and oxygen atoms in total. The minimum Gasteiger partial charge on any atom is -0.478 e. The molecule has 0 saturated carbocycles. The van der Waals surface area contributed by atoms with Crippen molar-refractivity contribution in [2.75, 3.05) is 6.61 Å². The highest BCUT2D eigenvalue weighted by Gasteiger charge is 2.36. The average Bonchev–Trinajstić information content (AvgIpc) is 2.71. The molecule has 1 N–H and O–H groups in total. The first kappa shape index (κ1) is 21.6. The van der Waals surface area contributed by atoms with Crippen LogP contribution in [0.15, 0.2) is 59.8 Å². The molecule has 1 amide bonds. The molecule has 0 fully saturated rings. The highest BCUT2D eigenvalue weighted by molar-refractivity contribution is 6.30. The van der Waals surface area contributed by atoms with Crippen LogP contribution in [0.5, 0.6) is 0 Å². The number of rotatable bonds is 6. The number of carbonyl (C=O) groups excluding carboxylic acids is 2. The summed E-state index contributed by atoms with van der Waals surface area (Å²) >= 11 is 5.99. The van der Waals surface area contributed by atoms with Gasteiger partial charge in [-0.25, -0.2) is 9.59 Å². The van der Waals surface area contributed by atoms with Gasteiger partial charge in [-0.3, -0.25) is 4.79 Å². The number of hydrogen-bond acceptors (Lipinski definition) is 4. The predicted molar refractivity (Wildman–Crippen MR) is 112 cm³/mol. The van der Waals surface area contributed by atoms with Crippen LogP contribution >= 0.6 is 11.6 Å². The molecule has 0 aliphatic carbocycles. The largest absolute Gasteiger partial charge is 0.478 e. The van der Waals surface area contributed by atoms with Crippen LogP contribution in [0.4, 0.5) is 0 Å². The molecule has 2 aromatic rings. The summed E-state index contributed by atoms with van der Waals surface area (Å²) in [5, 5.41) is 9.63. The molecule has 0 spiro atoms. The molecule has 0 aromatic heterocycles. The second kappa shape index (κ2) is 9.13. The van der Waals surface area contributed by atoms with Gasteiger partial charge in [0.2, 0.25) is 5.91 Å². The van der Waals surface area contributed by atoms with Crippen molar-refractivity contribution in [1.29, 1.82) is 0 Å². The number of aromatic carboxylic acids is 1. The smallest absolute Gasteiger partial charge is 0.336 e. The third-order valence-electron chi connectivity index (χ3n) is 5.13. The van der Waals surface area contributed by atoms with E-state index < -0.39 is 17.9 Å². The van der Waals surface area contributed by atoms with Crippen LogP contribution in [0, 0.1) is 0 Å². The van der Waals surface area contributed by atoms with E-state index in [0.29, 0.717) is 16.3 Å². The van der Waals surface area contributed by atoms with Gasteiger partial charge in [-0.05, 0) is 49.2 Å². The molecule has 156 valence electrons. The third kappa shape index (κ3) is 4.54. The molecule has 2 aromatic carbocycles. The molecular weight excluding hydrogens is 406 g/mol. The first-order valence-corrected chi connectivity index (χ1v) is 9.95. The molecule has 30 heavy (non-hydrogen) atoms. The van der Waals surface area contributed by atoms with E-state index >= 15 is 0 Å². The van der Waals surface area contributed by atoms with E-state index in [4.69, 9.17) is 21.4 Å². The number of halogens is 1. The van der Waals surface area contributed by atoms with Crippen LogP contribution in [-0.2, 0) is 20.9 Å². The molecule has 0 bridgehead atoms. The zero-order valence-corrected chi connectivity index (χ0v) is 17.5. The fourth-order valence-electron chi connectivity index (χ4n) is 3.59. The number of hydrogen-bond donors (Lipinski definition) is 1. The second-order valence-corrected chi connectivity index (χ2v) is 7.45. The van der Waals surface area contributed by atoms with Crippen molar-refractivity contribution in [3.63, 3.8) is 0 Å². The lowest BCUT2D eigenvalue weighted by molar-refractivity contribution is -0.140. The van der Waals surface area contributed by atoms with Gasteiger partial charge in [-0.2, -0.15) is 0 Å². The molecule has 1 aliphatic rings. The molecule has 1 aliphatic heterocycles. The minimum absolute atomic E-state index is 0.122. The fourth-order valence-corrected chi connectivity index (χ4v) is 3.72. The Bertz CT molecular complexity index is 995. The lowest BCUT2D eigenvalue weighted by Crippen LogP contribution is -2.38. The third-order valence-corrected chi connectivity index (χ3v) is 5.38. The van der Waals surface area contributed by atoms with Gasteiger partial charge >= 0.3 is 11.9 Å². The summed E-state index contributed by atoms with van der Waals surface area (Å²) in [5.41, 5.74) is 2.74. The summed E-state index contributed by atoms with van der Waals surface area (Å²) in [7, 11) is 0. The SMILES string of the molecule is CCOC(=O)C1=C(C)N(Cc2ccc(C(=O)O)cc2)C(=O)CC1c1ccc(Cl)cc1. The van der Waals surface area contributed by atoms with Gasteiger partial charge in [0.1, 0.15) is 0 Å². The summed E-state index contributed by atoms with van der Waals surface area (Å²) in [6, 6.07) is 13.4. The lowest BCUT2D eigenvalue weighted by Gasteiger charge is -2.34. The van der Waals surface area contributed by atoms with Crippen molar-refractivity contribution in [3.05, 3.63) is 81.5 Å². The van der Waals surface area contributed by atoms with Gasteiger partial charge in [0.25, 0.3) is 0 Å². The number of esters is 1. The van der Waals surface area contributed by atoms with E-state index in [0.717, 1.165) is 11.1 Å². The van der Waals surface area contributed by atoms with Crippen LogP contribution in [0.2, 0.25) is 5.02 Å². The van der Waals surface area contributed by atoms with Crippen molar-refractivity contribution in [2.45, 2.75) is 32.7 Å². The maximum absolute atomic E-state index is 13.0. The van der Waals surface area contributed by atoms with Crippen LogP contribution in [0.3, 0.4) is 0 Å². The summed E-state index contributed by atoms with van der Waals surface area (Å²) in [6.45, 7) is 3.94. The number of ether oxygens (including phenoxy) is 1. The number of nitrogens with zero attached hydrogens (tertiary/aromatic N) is 1. The topological polar surface area (TPSA) is 83.9 Å². The Labute approximate surface area is 179 Å². The maximum Gasteiger partial charge on any atom is 0.336 e. The van der Waals surface area contributed by atoms with Gasteiger partial charge < -0.3 is 14.7 Å². The quantitative estimate of drug-likeness (QED) is 0.691. The van der Waals surface area contributed by atoms with Gasteiger partial charge in [0.05, 0.1) is 24.3 Å². The van der Waals surface area contributed by atoms with E-state index in [9.17, 15) is 14.4 Å². The Morgan fingerprint density at radius 3 is 2.33 bits per heavy atom. The van der Waals surface area contributed by atoms with E-state index in [1.807, 2.05) is 12.1 Å². The Hall–Kier alpha value is -3.12. The molecule has 0 radical (unpaired) electrons. The normalized spacial score (nSPS) is 16.6. The minimum atomic E-state index is -1.01. The van der Waals surface area contributed by atoms with Gasteiger partial charge in [-0.15, -0.1) is 0 Å². The highest BCUT2D eigenvalue weighted by Crippen LogP contribution is 2.38. The van der Waals surface area contributed by atoms with Crippen LogP contribution in [0.25, 0.3) is 0 Å². The Balaban J connectivity index is 1.98. The standard InChI is InChI=1S/C23H22ClNO5/c1-3-30-23(29)21-14(2)25(13-15-4-6-17(7-5-15)22(27)28)20(26)12-19(21)16-8-10-18(24)11-9-16/h4-11,19H,3,12-13H2,1-2H3,(H,27,28). The van der Waals surface area contributed by atoms with Gasteiger partial charge in [0.15, 0.2) is 0 Å². The number of allylic oxidation sites excluding steroid dienone is 1. The molecule has 1 unspecified atom stereocenters. The molecule has 1 heterocycles. The predicted octanol–water partition coefficient (Wildman–Crippen LogP) is 4.39. The zero-order chi connectivity index (χ0) is 21.8. The fraction of sp³-hybridized carbons (Fsp3) is 0.261. The molecule has 0 saturated heterocycles. The molecule has 3 rings (SSSR count). The number of benzene rings is 2. The summed E-state index contributed by atoms with van der Waals surface area (Å²) in [4.78, 5) is 38.4. The van der Waals surface area contributed by atoms with Crippen molar-refractivity contribution < 1.29 is 24.2 Å². The summed E-state index contributed by atoms with van der Waals surface area (Å²) in [5.74, 6) is -2.00. The van der Waals surface area contributed by atoms with Crippen LogP contribution in [-0.4, -0.2) is 34.5 Å². The summed E-state index contributed by atoms with van der Waals surface area (Å²) in [6.07, 6.45) is 0.125. The Kier molecular flexibility index (Phi) is 6.57. The molecule has 7 heteroatoms. The monoisotopic (exact) mass is 427 g/mol. The van der Waals surface area contributed by atoms with Gasteiger partial charge in [0, 0.05) is 23.1 Å². The van der Waals surface area contributed by atoms with E-state index in [1.165, 1.54) is 12.1 Å². The van der Waals surface area contributed by atoms with E-state index in [2.05, 4.69) is 0 Å². The average molecular weight is 428 g/mol. The summed E-state index contributed by atoms with van der Waals surface area (Å²) < 4.78 is 5.28. The van der Waals surface area contributed by atoms with Crippen LogP contribution < -0.4 is 0 Å². The van der Waals surface area contributed by atoms with E-state index in [1.54, 1.807) is 43.0 Å². The first-order valence-electron chi connectivity index (χ1n) is 9.57. The van der Waals surface area contributed by atoms with Crippen LogP contribution in [0.1, 0.15) is 47.7 Å². The number of carboxylic acids is 1. The maximum atomic E-state index is 13.0. The van der Waals surface area contributed by atoms with Crippen molar-refractivity contribution in [3.8, 4) is 0 Å². The zero-order valence-electron chi connectivity index (χ0n) is 16.7. The highest BCUT2D eigenvalue weighted by atomic mass is 35.5. The number of carbonyl (C=O) groups is 3. The Morgan fingerprint density at radius 2 is 1.77 bits per heavy atom. The second-order valence-electron chi connectivity index (χ2n) is 7.01. The van der Waals surface area contributed by atoms with Gasteiger partial charge in [-0.1, -0.05) is 35.9 Å². The van der Waals surface area contributed by atoms with Crippen molar-refractivity contribution in [1.82, 2.24) is 4.90 Å².